The highest BCUT2D eigenvalue weighted by Gasteiger charge is 2.43. The van der Waals surface area contributed by atoms with E-state index < -0.39 is 6.17 Å². The van der Waals surface area contributed by atoms with Gasteiger partial charge >= 0.3 is 0 Å². The van der Waals surface area contributed by atoms with Crippen molar-refractivity contribution in [2.45, 2.75) is 50.5 Å². The molecule has 5 atom stereocenters. The van der Waals surface area contributed by atoms with Gasteiger partial charge in [0.1, 0.15) is 17.7 Å². The zero-order chi connectivity index (χ0) is 21.5. The van der Waals surface area contributed by atoms with Gasteiger partial charge in [-0.2, -0.15) is 0 Å². The number of rotatable bonds is 4. The molecule has 0 unspecified atom stereocenters. The van der Waals surface area contributed by atoms with E-state index in [-0.39, 0.29) is 17.8 Å². The van der Waals surface area contributed by atoms with Gasteiger partial charge in [-0.15, -0.1) is 0 Å². The molecule has 0 spiro atoms. The van der Waals surface area contributed by atoms with E-state index in [4.69, 9.17) is 0 Å². The number of nitrogens with zero attached hydrogens (tertiary/aromatic N) is 5. The first kappa shape index (κ1) is 19.9. The third-order valence-corrected chi connectivity index (χ3v) is 6.63. The molecule has 2 bridgehead atoms. The normalized spacial score (nSPS) is 27.8. The molecular formula is C23H27FN6O. The average Bonchev–Trinajstić information content (AvgIpc) is 3.31. The fraction of sp³-hybridized carbons (Fsp3) is 0.435. The van der Waals surface area contributed by atoms with Gasteiger partial charge in [-0.1, -0.05) is 6.92 Å². The van der Waals surface area contributed by atoms with E-state index in [9.17, 15) is 5.11 Å². The molecule has 0 saturated carbocycles. The molecule has 0 amide bonds. The van der Waals surface area contributed by atoms with Crippen molar-refractivity contribution >= 4 is 5.82 Å². The van der Waals surface area contributed by atoms with Crippen LogP contribution >= 0.6 is 0 Å². The Morgan fingerprint density at radius 2 is 2.06 bits per heavy atom. The van der Waals surface area contributed by atoms with Gasteiger partial charge in [0.15, 0.2) is 0 Å². The molecule has 0 aliphatic carbocycles. The molecule has 2 fully saturated rings. The molecule has 0 radical (unpaired) electrons. The molecule has 2 saturated heterocycles. The van der Waals surface area contributed by atoms with Crippen molar-refractivity contribution in [3.05, 3.63) is 49.3 Å². The molecule has 7 nitrogen and oxygen atoms in total. The number of aromatic nitrogens is 4. The third kappa shape index (κ3) is 3.76. The Morgan fingerprint density at radius 3 is 2.77 bits per heavy atom. The van der Waals surface area contributed by atoms with E-state index in [1.165, 1.54) is 0 Å². The van der Waals surface area contributed by atoms with Gasteiger partial charge in [0.25, 0.3) is 0 Å². The van der Waals surface area contributed by atoms with Crippen molar-refractivity contribution < 1.29 is 9.50 Å². The van der Waals surface area contributed by atoms with Crippen LogP contribution in [-0.4, -0.2) is 56.0 Å². The Morgan fingerprint density at radius 1 is 1.19 bits per heavy atom. The number of phenolic OH excluding ortho intramolecular Hbond substituents is 1. The molecule has 8 heteroatoms. The number of nitrogens with one attached hydrogen (secondary N) is 1. The van der Waals surface area contributed by atoms with Crippen LogP contribution in [0.15, 0.2) is 49.3 Å². The van der Waals surface area contributed by atoms with Gasteiger partial charge in [-0.05, 0) is 37.3 Å². The summed E-state index contributed by atoms with van der Waals surface area (Å²) in [6, 6.07) is 5.42. The lowest BCUT2D eigenvalue weighted by Crippen LogP contribution is -2.62. The van der Waals surface area contributed by atoms with Crippen LogP contribution in [0.25, 0.3) is 16.9 Å². The molecule has 3 aromatic rings. The number of benzene rings is 1. The second kappa shape index (κ2) is 7.92. The average molecular weight is 423 g/mol. The molecule has 31 heavy (non-hydrogen) atoms. The van der Waals surface area contributed by atoms with E-state index in [1.54, 1.807) is 31.0 Å². The molecule has 1 aromatic carbocycles. The van der Waals surface area contributed by atoms with E-state index in [0.29, 0.717) is 29.0 Å². The smallest absolute Gasteiger partial charge is 0.147 e. The van der Waals surface area contributed by atoms with Crippen LogP contribution < -0.4 is 10.2 Å². The molecule has 5 rings (SSSR count). The first-order valence-electron chi connectivity index (χ1n) is 10.8. The van der Waals surface area contributed by atoms with Gasteiger partial charge < -0.3 is 19.9 Å². The summed E-state index contributed by atoms with van der Waals surface area (Å²) in [5.74, 6) is 1.32. The van der Waals surface area contributed by atoms with Crippen LogP contribution in [0.3, 0.4) is 0 Å². The number of hydrogen-bond acceptors (Lipinski definition) is 6. The molecular weight excluding hydrogens is 395 g/mol. The fourth-order valence-corrected chi connectivity index (χ4v) is 5.02. The number of alkyl halides is 1. The predicted octanol–water partition coefficient (Wildman–Crippen LogP) is 3.34. The summed E-state index contributed by atoms with van der Waals surface area (Å²) in [7, 11) is 1.89. The Labute approximate surface area is 181 Å². The van der Waals surface area contributed by atoms with E-state index in [1.807, 2.05) is 34.8 Å². The zero-order valence-electron chi connectivity index (χ0n) is 17.7. The first-order valence-corrected chi connectivity index (χ1v) is 10.8. The minimum atomic E-state index is -0.940. The van der Waals surface area contributed by atoms with Crippen LogP contribution in [-0.2, 0) is 0 Å². The number of halogens is 1. The second-order valence-corrected chi connectivity index (χ2v) is 8.84. The molecule has 2 aliphatic heterocycles. The lowest BCUT2D eigenvalue weighted by molar-refractivity contribution is 0.0851. The maximum absolute atomic E-state index is 15.2. The van der Waals surface area contributed by atoms with Crippen molar-refractivity contribution in [3.8, 4) is 22.7 Å². The number of aromatic hydroxyl groups is 1. The molecule has 4 heterocycles. The topological polar surface area (TPSA) is 79.1 Å². The highest BCUT2D eigenvalue weighted by atomic mass is 19.1. The van der Waals surface area contributed by atoms with Crippen LogP contribution in [0.4, 0.5) is 10.2 Å². The van der Waals surface area contributed by atoms with Crippen molar-refractivity contribution in [3.63, 3.8) is 0 Å². The van der Waals surface area contributed by atoms with E-state index >= 15 is 4.39 Å². The standard InChI is InChI=1S/C23H27FN6O/c1-14-7-15-9-20(23(24)18(8-14)28-15)29(2)22-12-26-19(11-27-22)17-4-3-16(10-21(17)31)30-6-5-25-13-30/h3-6,10-15,18,20,23,28,31H,7-9H2,1-2H3/t14-,15+,18-,20+,23+/m1/s1. The largest absolute Gasteiger partial charge is 0.507 e. The second-order valence-electron chi connectivity index (χ2n) is 8.84. The number of hydrogen-bond donors (Lipinski definition) is 2. The summed E-state index contributed by atoms with van der Waals surface area (Å²) in [5.41, 5.74) is 1.97. The molecule has 2 N–H and O–H groups in total. The zero-order valence-corrected chi connectivity index (χ0v) is 17.7. The van der Waals surface area contributed by atoms with Crippen molar-refractivity contribution in [1.82, 2.24) is 24.8 Å². The van der Waals surface area contributed by atoms with Gasteiger partial charge in [-0.25, -0.2) is 14.4 Å². The summed E-state index contributed by atoms with van der Waals surface area (Å²) >= 11 is 0. The fourth-order valence-electron chi connectivity index (χ4n) is 5.02. The Kier molecular flexibility index (Phi) is 5.09. The number of piperidine rings is 2. The first-order chi connectivity index (χ1) is 15.0. The molecule has 162 valence electrons. The summed E-state index contributed by atoms with van der Waals surface area (Å²) < 4.78 is 17.0. The quantitative estimate of drug-likeness (QED) is 0.671. The number of phenols is 1. The molecule has 2 aromatic heterocycles. The van der Waals surface area contributed by atoms with Crippen LogP contribution in [0.5, 0.6) is 5.75 Å². The SMILES string of the molecule is C[C@@H]1C[C@H]2C[C@H](N(C)c3cnc(-c4ccc(-n5ccnc5)cc4O)cn3)[C@@H](F)[C@@H](C1)N2. The predicted molar refractivity (Wildman–Crippen MR) is 117 cm³/mol. The highest BCUT2D eigenvalue weighted by Crippen LogP contribution is 2.35. The Hall–Kier alpha value is -3.00. The van der Waals surface area contributed by atoms with Gasteiger partial charge in [0.05, 0.1) is 36.1 Å². The van der Waals surface area contributed by atoms with Crippen LogP contribution in [0.2, 0.25) is 0 Å². The van der Waals surface area contributed by atoms with Crippen LogP contribution in [0, 0.1) is 5.92 Å². The molecule has 2 aliphatic rings. The third-order valence-electron chi connectivity index (χ3n) is 6.63. The lowest BCUT2D eigenvalue weighted by atomic mass is 9.77. The maximum atomic E-state index is 15.2. The maximum Gasteiger partial charge on any atom is 0.147 e. The summed E-state index contributed by atoms with van der Waals surface area (Å²) in [6.07, 6.45) is 10.3. The summed E-state index contributed by atoms with van der Waals surface area (Å²) in [6.45, 7) is 2.21. The van der Waals surface area contributed by atoms with Crippen molar-refractivity contribution in [2.24, 2.45) is 5.92 Å². The van der Waals surface area contributed by atoms with E-state index in [2.05, 4.69) is 27.2 Å². The van der Waals surface area contributed by atoms with Crippen molar-refractivity contribution in [1.29, 1.82) is 0 Å². The van der Waals surface area contributed by atoms with E-state index in [0.717, 1.165) is 24.9 Å². The minimum absolute atomic E-state index is 0.0897. The Bertz CT molecular complexity index is 1040. The Balaban J connectivity index is 1.34. The van der Waals surface area contributed by atoms with Gasteiger partial charge in [0.2, 0.25) is 0 Å². The summed E-state index contributed by atoms with van der Waals surface area (Å²) in [5, 5.41) is 14.0. The van der Waals surface area contributed by atoms with Crippen molar-refractivity contribution in [2.75, 3.05) is 11.9 Å². The summed E-state index contributed by atoms with van der Waals surface area (Å²) in [4.78, 5) is 15.0. The lowest BCUT2D eigenvalue weighted by Gasteiger charge is -2.47. The number of imidazole rings is 1. The highest BCUT2D eigenvalue weighted by molar-refractivity contribution is 5.68. The monoisotopic (exact) mass is 422 g/mol. The number of anilines is 1. The van der Waals surface area contributed by atoms with Gasteiger partial charge in [0, 0.05) is 43.2 Å². The van der Waals surface area contributed by atoms with Gasteiger partial charge in [-0.3, -0.25) is 4.98 Å². The number of fused-ring (bicyclic) bond motifs is 2. The van der Waals surface area contributed by atoms with Crippen LogP contribution in [0.1, 0.15) is 26.2 Å². The minimum Gasteiger partial charge on any atom is -0.507 e.